The van der Waals surface area contributed by atoms with Crippen molar-refractivity contribution in [1.82, 2.24) is 9.88 Å². The lowest BCUT2D eigenvalue weighted by atomic mass is 10.1. The molecule has 2 fully saturated rings. The summed E-state index contributed by atoms with van der Waals surface area (Å²) in [7, 11) is 0. The highest BCUT2D eigenvalue weighted by molar-refractivity contribution is 5.94. The second-order valence-corrected chi connectivity index (χ2v) is 7.64. The van der Waals surface area contributed by atoms with Crippen molar-refractivity contribution in [2.45, 2.75) is 32.2 Å². The first-order chi connectivity index (χ1) is 13.4. The van der Waals surface area contributed by atoms with Gasteiger partial charge in [0.15, 0.2) is 5.82 Å². The monoisotopic (exact) mass is 427 g/mol. The van der Waals surface area contributed by atoms with Crippen molar-refractivity contribution in [2.24, 2.45) is 5.92 Å². The first-order valence-corrected chi connectivity index (χ1v) is 9.68. The van der Waals surface area contributed by atoms with E-state index in [2.05, 4.69) is 5.32 Å². The number of carboxylic acid groups (broad SMARTS) is 1. The van der Waals surface area contributed by atoms with E-state index in [1.165, 1.54) is 10.8 Å². The molecule has 1 aliphatic heterocycles. The highest BCUT2D eigenvalue weighted by Crippen LogP contribution is 2.40. The molecule has 2 aliphatic rings. The van der Waals surface area contributed by atoms with Crippen LogP contribution in [0.15, 0.2) is 17.1 Å². The van der Waals surface area contributed by atoms with Crippen LogP contribution in [0, 0.1) is 17.6 Å². The molecule has 158 valence electrons. The number of aromatic carboxylic acids is 1. The normalized spacial score (nSPS) is 18.9. The molecular weight excluding hydrogens is 404 g/mol. The number of pyridine rings is 1. The number of rotatable bonds is 6. The van der Waals surface area contributed by atoms with Crippen molar-refractivity contribution in [1.29, 1.82) is 0 Å². The van der Waals surface area contributed by atoms with Gasteiger partial charge in [0.2, 0.25) is 5.43 Å². The minimum Gasteiger partial charge on any atom is -0.477 e. The Morgan fingerprint density at radius 2 is 2.03 bits per heavy atom. The quantitative estimate of drug-likeness (QED) is 0.740. The van der Waals surface area contributed by atoms with Crippen LogP contribution in [-0.4, -0.2) is 41.8 Å². The van der Waals surface area contributed by atoms with E-state index in [9.17, 15) is 19.1 Å². The molecule has 4 rings (SSSR count). The molecule has 1 aliphatic carbocycles. The van der Waals surface area contributed by atoms with Crippen LogP contribution in [-0.2, 0) is 0 Å². The van der Waals surface area contributed by atoms with Crippen LogP contribution < -0.4 is 15.6 Å². The van der Waals surface area contributed by atoms with Crippen LogP contribution in [0.1, 0.15) is 42.6 Å². The Bertz CT molecular complexity index is 1010. The molecule has 1 atom stereocenters. The highest BCUT2D eigenvalue weighted by atomic mass is 35.5. The maximum Gasteiger partial charge on any atom is 0.341 e. The lowest BCUT2D eigenvalue weighted by molar-refractivity contribution is 0.0695. The van der Waals surface area contributed by atoms with Gasteiger partial charge in [0, 0.05) is 25.3 Å². The third-order valence-electron chi connectivity index (χ3n) is 5.64. The number of anilines is 1. The van der Waals surface area contributed by atoms with Crippen LogP contribution in [0.4, 0.5) is 14.5 Å². The molecule has 0 amide bonds. The lowest BCUT2D eigenvalue weighted by Crippen LogP contribution is -2.28. The van der Waals surface area contributed by atoms with Crippen molar-refractivity contribution in [3.8, 4) is 0 Å². The number of aromatic nitrogens is 1. The van der Waals surface area contributed by atoms with E-state index in [-0.39, 0.29) is 35.0 Å². The Balaban J connectivity index is 0.00000240. The third kappa shape index (κ3) is 3.83. The molecule has 1 saturated heterocycles. The molecular formula is C20H24ClF2N3O3. The zero-order chi connectivity index (χ0) is 20.0. The summed E-state index contributed by atoms with van der Waals surface area (Å²) < 4.78 is 31.9. The predicted molar refractivity (Wildman–Crippen MR) is 109 cm³/mol. The molecule has 0 bridgehead atoms. The number of nitrogens with one attached hydrogen (secondary N) is 1. The van der Waals surface area contributed by atoms with E-state index in [4.69, 9.17) is 0 Å². The Labute approximate surface area is 172 Å². The van der Waals surface area contributed by atoms with E-state index < -0.39 is 28.6 Å². The van der Waals surface area contributed by atoms with Gasteiger partial charge in [0.1, 0.15) is 17.1 Å². The molecule has 1 saturated carbocycles. The van der Waals surface area contributed by atoms with Crippen LogP contribution in [0.5, 0.6) is 0 Å². The average molecular weight is 428 g/mol. The number of benzene rings is 1. The molecule has 6 nitrogen and oxygen atoms in total. The van der Waals surface area contributed by atoms with E-state index in [1.807, 2.05) is 6.92 Å². The SMILES string of the molecule is CCNCC1CCN(c2c(F)cc3c(=O)c(C(=O)O)cn(C4CC4)c3c2F)C1.Cl. The standard InChI is InChI=1S/C20H23F2N3O3.ClH/c1-2-23-8-11-5-6-24(9-11)18-15(21)7-13-17(16(18)22)25(12-3-4-12)10-14(19(13)26)20(27)28;/h7,10-12,23H,2-6,8-9H2,1H3,(H,27,28);1H. The molecule has 1 aromatic carbocycles. The van der Waals surface area contributed by atoms with Crippen molar-refractivity contribution in [2.75, 3.05) is 31.1 Å². The van der Waals surface area contributed by atoms with Crippen LogP contribution in [0.2, 0.25) is 0 Å². The number of halogens is 3. The Morgan fingerprint density at radius 1 is 1.31 bits per heavy atom. The minimum atomic E-state index is -1.39. The van der Waals surface area contributed by atoms with E-state index in [0.717, 1.165) is 38.4 Å². The number of carboxylic acids is 1. The summed E-state index contributed by atoms with van der Waals surface area (Å²) in [5.41, 5.74) is -1.43. The number of carbonyl (C=O) groups is 1. The molecule has 2 aromatic rings. The number of hydrogen-bond donors (Lipinski definition) is 2. The van der Waals surface area contributed by atoms with Gasteiger partial charge in [-0.1, -0.05) is 6.92 Å². The molecule has 0 radical (unpaired) electrons. The maximum atomic E-state index is 15.5. The fourth-order valence-corrected chi connectivity index (χ4v) is 4.07. The molecule has 1 aromatic heterocycles. The van der Waals surface area contributed by atoms with Gasteiger partial charge < -0.3 is 19.9 Å². The molecule has 2 heterocycles. The summed E-state index contributed by atoms with van der Waals surface area (Å²) in [6.07, 6.45) is 3.58. The van der Waals surface area contributed by atoms with Crippen molar-refractivity contribution < 1.29 is 18.7 Å². The van der Waals surface area contributed by atoms with Gasteiger partial charge in [-0.3, -0.25) is 4.79 Å². The molecule has 2 N–H and O–H groups in total. The molecule has 29 heavy (non-hydrogen) atoms. The van der Waals surface area contributed by atoms with Crippen molar-refractivity contribution in [3.63, 3.8) is 0 Å². The van der Waals surface area contributed by atoms with Gasteiger partial charge in [-0.25, -0.2) is 13.6 Å². The topological polar surface area (TPSA) is 74.6 Å². The van der Waals surface area contributed by atoms with E-state index in [1.54, 1.807) is 4.90 Å². The Morgan fingerprint density at radius 3 is 2.66 bits per heavy atom. The predicted octanol–water partition coefficient (Wildman–Crippen LogP) is 3.17. The smallest absolute Gasteiger partial charge is 0.341 e. The van der Waals surface area contributed by atoms with Crippen LogP contribution in [0.3, 0.4) is 0 Å². The zero-order valence-corrected chi connectivity index (χ0v) is 16.9. The first kappa shape index (κ1) is 21.5. The third-order valence-corrected chi connectivity index (χ3v) is 5.64. The lowest BCUT2D eigenvalue weighted by Gasteiger charge is -2.22. The van der Waals surface area contributed by atoms with Crippen LogP contribution in [0.25, 0.3) is 10.9 Å². The highest BCUT2D eigenvalue weighted by Gasteiger charge is 2.32. The average Bonchev–Trinajstić information content (AvgIpc) is 3.39. The summed E-state index contributed by atoms with van der Waals surface area (Å²) in [5.74, 6) is -2.69. The van der Waals surface area contributed by atoms with Gasteiger partial charge in [-0.05, 0) is 44.3 Å². The zero-order valence-electron chi connectivity index (χ0n) is 16.1. The Kier molecular flexibility index (Phi) is 6.14. The van der Waals surface area contributed by atoms with Gasteiger partial charge in [0.05, 0.1) is 10.9 Å². The summed E-state index contributed by atoms with van der Waals surface area (Å²) in [6.45, 7) is 4.72. The molecule has 9 heteroatoms. The molecule has 0 spiro atoms. The number of fused-ring (bicyclic) bond motifs is 1. The fourth-order valence-electron chi connectivity index (χ4n) is 4.07. The van der Waals surface area contributed by atoms with E-state index in [0.29, 0.717) is 19.0 Å². The molecule has 1 unspecified atom stereocenters. The van der Waals surface area contributed by atoms with Gasteiger partial charge in [-0.2, -0.15) is 0 Å². The number of hydrogen-bond acceptors (Lipinski definition) is 4. The van der Waals surface area contributed by atoms with Crippen molar-refractivity contribution >= 4 is 35.0 Å². The number of nitrogens with zero attached hydrogens (tertiary/aromatic N) is 2. The summed E-state index contributed by atoms with van der Waals surface area (Å²) in [5, 5.41) is 12.4. The first-order valence-electron chi connectivity index (χ1n) is 9.68. The van der Waals surface area contributed by atoms with Gasteiger partial charge in [0.25, 0.3) is 0 Å². The van der Waals surface area contributed by atoms with Gasteiger partial charge >= 0.3 is 5.97 Å². The van der Waals surface area contributed by atoms with Gasteiger partial charge in [-0.15, -0.1) is 12.4 Å². The second kappa shape index (κ2) is 8.28. The van der Waals surface area contributed by atoms with Crippen LogP contribution >= 0.6 is 12.4 Å². The van der Waals surface area contributed by atoms with E-state index >= 15 is 4.39 Å². The Hall–Kier alpha value is -2.19. The minimum absolute atomic E-state index is 0. The maximum absolute atomic E-state index is 15.5. The summed E-state index contributed by atoms with van der Waals surface area (Å²) in [4.78, 5) is 25.6. The largest absolute Gasteiger partial charge is 0.477 e. The van der Waals surface area contributed by atoms with Crippen molar-refractivity contribution in [3.05, 3.63) is 39.7 Å². The second-order valence-electron chi connectivity index (χ2n) is 7.64. The summed E-state index contributed by atoms with van der Waals surface area (Å²) >= 11 is 0. The fraction of sp³-hybridized carbons (Fsp3) is 0.500. The summed E-state index contributed by atoms with van der Waals surface area (Å²) in [6, 6.07) is 0.938.